The van der Waals surface area contributed by atoms with Gasteiger partial charge in [0.2, 0.25) is 5.91 Å². The number of hydrogen-bond acceptors (Lipinski definition) is 5. The molecule has 0 saturated carbocycles. The van der Waals surface area contributed by atoms with Gasteiger partial charge in [0.05, 0.1) is 12.4 Å². The highest BCUT2D eigenvalue weighted by atomic mass is 32.2. The van der Waals surface area contributed by atoms with E-state index in [0.29, 0.717) is 22.1 Å². The van der Waals surface area contributed by atoms with E-state index in [1.54, 1.807) is 13.0 Å². The first-order valence-electron chi connectivity index (χ1n) is 8.47. The van der Waals surface area contributed by atoms with Crippen molar-refractivity contribution in [1.29, 1.82) is 0 Å². The smallest absolute Gasteiger partial charge is 0.341 e. The number of anilines is 1. The molecular weight excluding hydrogens is 366 g/mol. The number of ether oxygens (including phenoxy) is 1. The molecule has 138 valence electrons. The second kappa shape index (κ2) is 10.2. The Labute approximate surface area is 162 Å². The summed E-state index contributed by atoms with van der Waals surface area (Å²) in [6, 6.07) is 8.09. The van der Waals surface area contributed by atoms with E-state index >= 15 is 0 Å². The summed E-state index contributed by atoms with van der Waals surface area (Å²) >= 11 is 2.81. The Hall–Kier alpha value is -2.05. The maximum Gasteiger partial charge on any atom is 0.341 e. The lowest BCUT2D eigenvalue weighted by molar-refractivity contribution is -0.113. The van der Waals surface area contributed by atoms with Gasteiger partial charge in [0.1, 0.15) is 10.6 Å². The van der Waals surface area contributed by atoms with Gasteiger partial charge in [-0.05, 0) is 24.5 Å². The van der Waals surface area contributed by atoms with Crippen LogP contribution in [-0.4, -0.2) is 30.0 Å². The maximum absolute atomic E-state index is 12.5. The van der Waals surface area contributed by atoms with E-state index in [2.05, 4.69) is 18.8 Å². The highest BCUT2D eigenvalue weighted by molar-refractivity contribution is 8.00. The van der Waals surface area contributed by atoms with Crippen molar-refractivity contribution in [2.24, 2.45) is 0 Å². The number of nitrogens with one attached hydrogen (secondary N) is 1. The van der Waals surface area contributed by atoms with Crippen molar-refractivity contribution >= 4 is 40.0 Å². The Morgan fingerprint density at radius 1 is 1.27 bits per heavy atom. The Morgan fingerprint density at radius 2 is 2.00 bits per heavy atom. The fourth-order valence-corrected chi connectivity index (χ4v) is 3.90. The normalized spacial score (nSPS) is 10.4. The van der Waals surface area contributed by atoms with Crippen LogP contribution < -0.4 is 5.32 Å². The van der Waals surface area contributed by atoms with E-state index in [-0.39, 0.29) is 12.5 Å². The van der Waals surface area contributed by atoms with E-state index in [1.165, 1.54) is 28.7 Å². The van der Waals surface area contributed by atoms with Crippen molar-refractivity contribution in [3.8, 4) is 11.1 Å². The molecule has 0 spiro atoms. The first kappa shape index (κ1) is 20.3. The third kappa shape index (κ3) is 5.22. The van der Waals surface area contributed by atoms with Gasteiger partial charge in [-0.15, -0.1) is 29.7 Å². The molecule has 0 unspecified atom stereocenters. The Bertz CT molecular complexity index is 766. The third-order valence-corrected chi connectivity index (χ3v) is 5.50. The summed E-state index contributed by atoms with van der Waals surface area (Å²) in [6.07, 6.45) is 2.71. The maximum atomic E-state index is 12.5. The monoisotopic (exact) mass is 389 g/mol. The molecule has 1 aromatic heterocycles. The lowest BCUT2D eigenvalue weighted by Crippen LogP contribution is -2.16. The van der Waals surface area contributed by atoms with Crippen molar-refractivity contribution in [3.63, 3.8) is 0 Å². The quantitative estimate of drug-likeness (QED) is 0.372. The topological polar surface area (TPSA) is 55.4 Å². The fraction of sp³-hybridized carbons (Fsp3) is 0.300. The number of esters is 1. The summed E-state index contributed by atoms with van der Waals surface area (Å²) in [5, 5.41) is 5.26. The van der Waals surface area contributed by atoms with Crippen molar-refractivity contribution in [2.45, 2.75) is 20.3 Å². The molecule has 0 fully saturated rings. The van der Waals surface area contributed by atoms with Crippen molar-refractivity contribution < 1.29 is 14.3 Å². The van der Waals surface area contributed by atoms with Gasteiger partial charge < -0.3 is 10.1 Å². The number of hydrogen-bond donors (Lipinski definition) is 1. The molecule has 1 aromatic carbocycles. The number of aryl methyl sites for hydroxylation is 1. The van der Waals surface area contributed by atoms with Gasteiger partial charge >= 0.3 is 5.97 Å². The van der Waals surface area contributed by atoms with Gasteiger partial charge in [0.25, 0.3) is 0 Å². The van der Waals surface area contributed by atoms with Crippen LogP contribution in [0, 0.1) is 0 Å². The van der Waals surface area contributed by atoms with Crippen molar-refractivity contribution in [2.75, 3.05) is 23.4 Å². The summed E-state index contributed by atoms with van der Waals surface area (Å²) < 4.78 is 5.21. The van der Waals surface area contributed by atoms with E-state index in [1.807, 2.05) is 29.6 Å². The molecule has 0 aliphatic carbocycles. The zero-order chi connectivity index (χ0) is 18.9. The molecule has 2 rings (SSSR count). The number of rotatable bonds is 9. The lowest BCUT2D eigenvalue weighted by atomic mass is 10.0. The molecule has 0 aliphatic rings. The Morgan fingerprint density at radius 3 is 2.62 bits per heavy atom. The molecule has 26 heavy (non-hydrogen) atoms. The van der Waals surface area contributed by atoms with Crippen LogP contribution in [0.4, 0.5) is 5.00 Å². The van der Waals surface area contributed by atoms with E-state index in [0.717, 1.165) is 17.5 Å². The average molecular weight is 390 g/mol. The minimum atomic E-state index is -0.419. The predicted molar refractivity (Wildman–Crippen MR) is 111 cm³/mol. The lowest BCUT2D eigenvalue weighted by Gasteiger charge is -2.09. The Kier molecular flexibility index (Phi) is 7.94. The molecule has 1 amide bonds. The molecule has 0 atom stereocenters. The second-order valence-electron chi connectivity index (χ2n) is 5.48. The molecule has 1 heterocycles. The molecule has 2 aromatic rings. The molecule has 0 aliphatic heterocycles. The van der Waals surface area contributed by atoms with Gasteiger partial charge in [0.15, 0.2) is 0 Å². The van der Waals surface area contributed by atoms with Gasteiger partial charge in [-0.3, -0.25) is 4.79 Å². The second-order valence-corrected chi connectivity index (χ2v) is 7.39. The van der Waals surface area contributed by atoms with Crippen LogP contribution in [0.3, 0.4) is 0 Å². The Balaban J connectivity index is 2.30. The van der Waals surface area contributed by atoms with E-state index < -0.39 is 5.97 Å². The number of thiophene rings is 1. The predicted octanol–water partition coefficient (Wildman–Crippen LogP) is 5.01. The largest absolute Gasteiger partial charge is 0.462 e. The molecule has 1 N–H and O–H groups in total. The van der Waals surface area contributed by atoms with Crippen LogP contribution in [0.25, 0.3) is 11.1 Å². The molecule has 6 heteroatoms. The van der Waals surface area contributed by atoms with Crippen LogP contribution >= 0.6 is 23.1 Å². The van der Waals surface area contributed by atoms with Crippen LogP contribution in [0.15, 0.2) is 42.3 Å². The standard InChI is InChI=1S/C20H23NO3S2/c1-4-11-25-13-17(22)21-19-18(20(23)24-6-3)16(12-26-19)15-9-7-14(5-2)8-10-15/h4,7-10,12H,1,5-6,11,13H2,2-3H3,(H,21,22). The zero-order valence-electron chi connectivity index (χ0n) is 15.0. The molecular formula is C20H23NO3S2. The van der Waals surface area contributed by atoms with Gasteiger partial charge in [-0.25, -0.2) is 4.79 Å². The third-order valence-electron chi connectivity index (χ3n) is 3.67. The fourth-order valence-electron chi connectivity index (χ4n) is 2.39. The van der Waals surface area contributed by atoms with Crippen LogP contribution in [0.2, 0.25) is 0 Å². The van der Waals surface area contributed by atoms with Gasteiger partial charge in [-0.2, -0.15) is 0 Å². The summed E-state index contributed by atoms with van der Waals surface area (Å²) in [5.41, 5.74) is 3.37. The summed E-state index contributed by atoms with van der Waals surface area (Å²) in [5.74, 6) is 0.458. The molecule has 0 radical (unpaired) electrons. The number of thioether (sulfide) groups is 1. The minimum absolute atomic E-state index is 0.142. The number of amides is 1. The zero-order valence-corrected chi connectivity index (χ0v) is 16.7. The molecule has 0 saturated heterocycles. The number of carbonyl (C=O) groups is 2. The number of carbonyl (C=O) groups excluding carboxylic acids is 2. The van der Waals surface area contributed by atoms with Crippen LogP contribution in [0.1, 0.15) is 29.8 Å². The summed E-state index contributed by atoms with van der Waals surface area (Å²) in [4.78, 5) is 24.6. The first-order valence-corrected chi connectivity index (χ1v) is 10.5. The first-order chi connectivity index (χ1) is 12.6. The average Bonchev–Trinajstić information content (AvgIpc) is 3.05. The highest BCUT2D eigenvalue weighted by Gasteiger charge is 2.22. The van der Waals surface area contributed by atoms with Crippen LogP contribution in [0.5, 0.6) is 0 Å². The highest BCUT2D eigenvalue weighted by Crippen LogP contribution is 2.36. The molecule has 4 nitrogen and oxygen atoms in total. The van der Waals surface area contributed by atoms with Gasteiger partial charge in [0, 0.05) is 16.7 Å². The van der Waals surface area contributed by atoms with Crippen molar-refractivity contribution in [1.82, 2.24) is 0 Å². The molecule has 0 bridgehead atoms. The summed E-state index contributed by atoms with van der Waals surface area (Å²) in [6.45, 7) is 7.79. The van der Waals surface area contributed by atoms with Gasteiger partial charge in [-0.1, -0.05) is 37.3 Å². The van der Waals surface area contributed by atoms with Crippen molar-refractivity contribution in [3.05, 3.63) is 53.4 Å². The summed E-state index contributed by atoms with van der Waals surface area (Å²) in [7, 11) is 0. The van der Waals surface area contributed by atoms with E-state index in [4.69, 9.17) is 4.74 Å². The minimum Gasteiger partial charge on any atom is -0.462 e. The SMILES string of the molecule is C=CCSCC(=O)Nc1scc(-c2ccc(CC)cc2)c1C(=O)OCC. The van der Waals surface area contributed by atoms with Crippen LogP contribution in [-0.2, 0) is 16.0 Å². The number of benzene rings is 1. The van der Waals surface area contributed by atoms with E-state index in [9.17, 15) is 9.59 Å².